The predicted octanol–water partition coefficient (Wildman–Crippen LogP) is 3.72. The molecule has 0 saturated carbocycles. The first-order valence-corrected chi connectivity index (χ1v) is 7.33. The zero-order valence-electron chi connectivity index (χ0n) is 11.9. The first-order chi connectivity index (χ1) is 9.66. The minimum atomic E-state index is 0.850. The third kappa shape index (κ3) is 2.41. The monoisotopic (exact) mass is 286 g/mol. The Balaban J connectivity index is 2.09. The van der Waals surface area contributed by atoms with Crippen LogP contribution in [-0.4, -0.2) is 20.6 Å². The van der Waals surface area contributed by atoms with Gasteiger partial charge in [-0.05, 0) is 47.9 Å². The van der Waals surface area contributed by atoms with E-state index in [2.05, 4.69) is 54.6 Å². The molecule has 0 aliphatic carbocycles. The average Bonchev–Trinajstić information content (AvgIpc) is 2.47. The van der Waals surface area contributed by atoms with Crippen molar-refractivity contribution in [2.45, 2.75) is 13.0 Å². The van der Waals surface area contributed by atoms with E-state index in [9.17, 15) is 0 Å². The minimum Gasteiger partial charge on any atom is -0.378 e. The van der Waals surface area contributed by atoms with Crippen LogP contribution in [0.15, 0.2) is 36.4 Å². The van der Waals surface area contributed by atoms with Crippen LogP contribution >= 0.6 is 11.6 Å². The Morgan fingerprint density at radius 3 is 2.50 bits per heavy atom. The lowest BCUT2D eigenvalue weighted by atomic mass is 9.91. The summed E-state index contributed by atoms with van der Waals surface area (Å²) in [5.41, 5.74) is 6.38. The molecule has 20 heavy (non-hydrogen) atoms. The molecule has 0 fully saturated rings. The molecular weight excluding hydrogens is 268 g/mol. The second-order valence-electron chi connectivity index (χ2n) is 5.43. The fraction of sp³-hybridized carbons (Fsp3) is 0.294. The molecule has 104 valence electrons. The average molecular weight is 287 g/mol. The van der Waals surface area contributed by atoms with Crippen molar-refractivity contribution >= 4 is 17.3 Å². The molecule has 0 aromatic heterocycles. The molecular formula is C17H19ClN2. The first-order valence-electron chi connectivity index (χ1n) is 6.95. The fourth-order valence-corrected chi connectivity index (χ4v) is 3.07. The minimum absolute atomic E-state index is 0.850. The molecule has 3 heteroatoms. The Hall–Kier alpha value is -1.51. The van der Waals surface area contributed by atoms with Crippen molar-refractivity contribution in [3.05, 3.63) is 52.5 Å². The third-order valence-corrected chi connectivity index (χ3v) is 4.21. The van der Waals surface area contributed by atoms with Crippen LogP contribution in [-0.2, 0) is 13.0 Å². The topological polar surface area (TPSA) is 15.3 Å². The number of hydrogen-bond acceptors (Lipinski definition) is 2. The molecule has 0 spiro atoms. The number of benzene rings is 2. The van der Waals surface area contributed by atoms with Crippen molar-refractivity contribution < 1.29 is 0 Å². The second-order valence-corrected chi connectivity index (χ2v) is 5.84. The number of nitrogens with zero attached hydrogens (tertiary/aromatic N) is 1. The van der Waals surface area contributed by atoms with Gasteiger partial charge in [0.25, 0.3) is 0 Å². The lowest BCUT2D eigenvalue weighted by molar-refractivity contribution is 0.645. The molecule has 1 heterocycles. The van der Waals surface area contributed by atoms with E-state index in [1.54, 1.807) is 0 Å². The van der Waals surface area contributed by atoms with Gasteiger partial charge in [0.05, 0.1) is 0 Å². The summed E-state index contributed by atoms with van der Waals surface area (Å²) >= 11 is 6.47. The second kappa shape index (κ2) is 5.47. The van der Waals surface area contributed by atoms with Crippen LogP contribution in [0, 0.1) is 0 Å². The summed E-state index contributed by atoms with van der Waals surface area (Å²) in [7, 11) is 4.11. The molecule has 0 radical (unpaired) electrons. The van der Waals surface area contributed by atoms with Gasteiger partial charge in [-0.15, -0.1) is 0 Å². The highest BCUT2D eigenvalue weighted by molar-refractivity contribution is 6.33. The largest absolute Gasteiger partial charge is 0.378 e. The van der Waals surface area contributed by atoms with Gasteiger partial charge in [-0.25, -0.2) is 0 Å². The smallest absolute Gasteiger partial charge is 0.0487 e. The van der Waals surface area contributed by atoms with Gasteiger partial charge in [0, 0.05) is 36.9 Å². The maximum Gasteiger partial charge on any atom is 0.0487 e. The summed E-state index contributed by atoms with van der Waals surface area (Å²) in [6.07, 6.45) is 1.04. The molecule has 2 aromatic carbocycles. The molecule has 1 aliphatic heterocycles. The fourth-order valence-electron chi connectivity index (χ4n) is 2.79. The van der Waals surface area contributed by atoms with Gasteiger partial charge in [0.15, 0.2) is 0 Å². The Kier molecular flexibility index (Phi) is 3.68. The van der Waals surface area contributed by atoms with E-state index in [1.165, 1.54) is 27.9 Å². The molecule has 0 bridgehead atoms. The Bertz CT molecular complexity index is 618. The Morgan fingerprint density at radius 2 is 1.80 bits per heavy atom. The third-order valence-electron chi connectivity index (χ3n) is 3.90. The lowest BCUT2D eigenvalue weighted by Gasteiger charge is -2.22. The van der Waals surface area contributed by atoms with Crippen molar-refractivity contribution in [3.63, 3.8) is 0 Å². The summed E-state index contributed by atoms with van der Waals surface area (Å²) < 4.78 is 0. The van der Waals surface area contributed by atoms with Gasteiger partial charge in [0.2, 0.25) is 0 Å². The quantitative estimate of drug-likeness (QED) is 0.905. The van der Waals surface area contributed by atoms with E-state index in [-0.39, 0.29) is 0 Å². The Morgan fingerprint density at radius 1 is 1.05 bits per heavy atom. The van der Waals surface area contributed by atoms with E-state index in [4.69, 9.17) is 11.6 Å². The van der Waals surface area contributed by atoms with Gasteiger partial charge in [-0.2, -0.15) is 0 Å². The van der Waals surface area contributed by atoms with Crippen molar-refractivity contribution in [3.8, 4) is 11.1 Å². The summed E-state index contributed by atoms with van der Waals surface area (Å²) in [6.45, 7) is 1.96. The summed E-state index contributed by atoms with van der Waals surface area (Å²) in [5, 5.41) is 4.26. The van der Waals surface area contributed by atoms with E-state index in [1.807, 2.05) is 6.07 Å². The molecule has 3 rings (SSSR count). The molecule has 1 aliphatic rings. The van der Waals surface area contributed by atoms with Crippen molar-refractivity contribution in [1.82, 2.24) is 5.32 Å². The van der Waals surface area contributed by atoms with Crippen LogP contribution in [0.25, 0.3) is 11.1 Å². The molecule has 1 N–H and O–H groups in total. The van der Waals surface area contributed by atoms with Crippen LogP contribution < -0.4 is 10.2 Å². The highest BCUT2D eigenvalue weighted by Crippen LogP contribution is 2.35. The molecule has 2 aromatic rings. The van der Waals surface area contributed by atoms with Gasteiger partial charge in [-0.1, -0.05) is 29.8 Å². The number of fused-ring (bicyclic) bond motifs is 1. The lowest BCUT2D eigenvalue weighted by Crippen LogP contribution is -2.24. The van der Waals surface area contributed by atoms with E-state index < -0.39 is 0 Å². The highest BCUT2D eigenvalue weighted by atomic mass is 35.5. The number of anilines is 1. The summed E-state index contributed by atoms with van der Waals surface area (Å²) in [6, 6.07) is 12.8. The molecule has 0 atom stereocenters. The van der Waals surface area contributed by atoms with Gasteiger partial charge < -0.3 is 10.2 Å². The zero-order chi connectivity index (χ0) is 14.1. The van der Waals surface area contributed by atoms with Crippen LogP contribution in [0.4, 0.5) is 5.69 Å². The number of halogens is 1. The first kappa shape index (κ1) is 13.5. The molecule has 0 saturated heterocycles. The maximum absolute atomic E-state index is 6.47. The van der Waals surface area contributed by atoms with Crippen molar-refractivity contribution in [2.75, 3.05) is 25.5 Å². The summed E-state index contributed by atoms with van der Waals surface area (Å²) in [4.78, 5) is 2.11. The van der Waals surface area contributed by atoms with Crippen molar-refractivity contribution in [2.24, 2.45) is 0 Å². The van der Waals surface area contributed by atoms with Gasteiger partial charge in [-0.3, -0.25) is 0 Å². The normalized spacial score (nSPS) is 13.9. The van der Waals surface area contributed by atoms with Crippen molar-refractivity contribution in [1.29, 1.82) is 0 Å². The van der Waals surface area contributed by atoms with E-state index in [0.717, 1.165) is 24.5 Å². The zero-order valence-corrected chi connectivity index (χ0v) is 12.7. The standard InChI is InChI=1S/C17H19ClN2/c1-20(2)14-6-3-12(4-7-14)17-15-9-10-19-11-13(15)5-8-16(17)18/h3-8,19H,9-11H2,1-2H3. The summed E-state index contributed by atoms with van der Waals surface area (Å²) in [5.74, 6) is 0. The van der Waals surface area contributed by atoms with Gasteiger partial charge >= 0.3 is 0 Å². The van der Waals surface area contributed by atoms with Crippen LogP contribution in [0.1, 0.15) is 11.1 Å². The number of rotatable bonds is 2. The van der Waals surface area contributed by atoms with E-state index >= 15 is 0 Å². The van der Waals surface area contributed by atoms with Gasteiger partial charge in [0.1, 0.15) is 0 Å². The van der Waals surface area contributed by atoms with Crippen LogP contribution in [0.3, 0.4) is 0 Å². The van der Waals surface area contributed by atoms with Crippen LogP contribution in [0.2, 0.25) is 5.02 Å². The highest BCUT2D eigenvalue weighted by Gasteiger charge is 2.16. The number of nitrogens with one attached hydrogen (secondary N) is 1. The van der Waals surface area contributed by atoms with E-state index in [0.29, 0.717) is 0 Å². The predicted molar refractivity (Wildman–Crippen MR) is 86.6 cm³/mol. The maximum atomic E-state index is 6.47. The molecule has 0 amide bonds. The SMILES string of the molecule is CN(C)c1ccc(-c2c(Cl)ccc3c2CCNC3)cc1. The molecule has 2 nitrogen and oxygen atoms in total. The molecule has 0 unspecified atom stereocenters. The number of hydrogen-bond donors (Lipinski definition) is 1. The Labute approximate surface area is 125 Å². The van der Waals surface area contributed by atoms with Crippen LogP contribution in [0.5, 0.6) is 0 Å².